The van der Waals surface area contributed by atoms with Gasteiger partial charge in [-0.15, -0.1) is 10.5 Å². The molecular formula is C2ClN2O2P. The van der Waals surface area contributed by atoms with Gasteiger partial charge < -0.3 is 9.05 Å². The molecular weight excluding hydrogens is 150 g/mol. The highest BCUT2D eigenvalue weighted by molar-refractivity contribution is 7.76. The molecule has 0 aliphatic carbocycles. The van der Waals surface area contributed by atoms with Crippen LogP contribution in [0.3, 0.4) is 0 Å². The first-order valence-corrected chi connectivity index (χ1v) is 3.47. The molecule has 4 nitrogen and oxygen atoms in total. The summed E-state index contributed by atoms with van der Waals surface area (Å²) in [5.74, 6) is 0. The number of rotatable bonds is 2. The normalized spacial score (nSPS) is 7.00. The summed E-state index contributed by atoms with van der Waals surface area (Å²) in [5.41, 5.74) is 0. The molecule has 0 aromatic carbocycles. The Balaban J connectivity index is 3.25. The molecule has 0 heterocycles. The van der Waals surface area contributed by atoms with Crippen molar-refractivity contribution in [3.05, 3.63) is 0 Å². The van der Waals surface area contributed by atoms with E-state index in [1.807, 2.05) is 0 Å². The van der Waals surface area contributed by atoms with Crippen molar-refractivity contribution in [3.8, 4) is 12.5 Å². The van der Waals surface area contributed by atoms with E-state index in [1.165, 1.54) is 12.5 Å². The van der Waals surface area contributed by atoms with Crippen LogP contribution in [-0.4, -0.2) is 0 Å². The van der Waals surface area contributed by atoms with Crippen molar-refractivity contribution in [2.45, 2.75) is 0 Å². The number of nitrogens with zero attached hydrogens (tertiary/aromatic N) is 2. The molecule has 0 unspecified atom stereocenters. The molecule has 0 aromatic rings. The van der Waals surface area contributed by atoms with Crippen molar-refractivity contribution >= 4 is 19.0 Å². The Hall–Kier alpha value is -0.700. The van der Waals surface area contributed by atoms with Crippen LogP contribution in [0.5, 0.6) is 0 Å². The lowest BCUT2D eigenvalue weighted by atomic mass is 11.6. The van der Waals surface area contributed by atoms with Gasteiger partial charge in [0.2, 0.25) is 0 Å². The first-order valence-electron chi connectivity index (χ1n) is 1.39. The Morgan fingerprint density at radius 1 is 1.25 bits per heavy atom. The van der Waals surface area contributed by atoms with Crippen molar-refractivity contribution < 1.29 is 9.05 Å². The number of hydrogen-bond acceptors (Lipinski definition) is 4. The van der Waals surface area contributed by atoms with Gasteiger partial charge in [0.1, 0.15) is 0 Å². The molecule has 0 radical (unpaired) electrons. The minimum absolute atomic E-state index is 1.27. The minimum atomic E-state index is -1.83. The second kappa shape index (κ2) is 4.46. The third kappa shape index (κ3) is 3.49. The molecule has 42 valence electrons. The lowest BCUT2D eigenvalue weighted by molar-refractivity contribution is 0.453. The fourth-order valence-electron chi connectivity index (χ4n) is 0.0828. The van der Waals surface area contributed by atoms with Crippen molar-refractivity contribution in [3.63, 3.8) is 0 Å². The Kier molecular flexibility index (Phi) is 4.07. The van der Waals surface area contributed by atoms with Gasteiger partial charge in [0.15, 0.2) is 0 Å². The predicted molar refractivity (Wildman–Crippen MR) is 26.2 cm³/mol. The van der Waals surface area contributed by atoms with Gasteiger partial charge >= 0.3 is 7.73 Å². The molecule has 8 heavy (non-hydrogen) atoms. The summed E-state index contributed by atoms with van der Waals surface area (Å²) < 4.78 is 7.95. The van der Waals surface area contributed by atoms with Crippen LogP contribution in [0.4, 0.5) is 0 Å². The van der Waals surface area contributed by atoms with E-state index in [2.05, 4.69) is 9.05 Å². The zero-order valence-corrected chi connectivity index (χ0v) is 5.19. The summed E-state index contributed by atoms with van der Waals surface area (Å²) >= 11 is 5.06. The molecule has 0 aliphatic rings. The second-order valence-electron chi connectivity index (χ2n) is 0.578. The van der Waals surface area contributed by atoms with E-state index in [1.54, 1.807) is 0 Å². The van der Waals surface area contributed by atoms with E-state index < -0.39 is 7.73 Å². The molecule has 0 aromatic heterocycles. The molecule has 0 saturated heterocycles. The van der Waals surface area contributed by atoms with Gasteiger partial charge in [0, 0.05) is 0 Å². The largest absolute Gasteiger partial charge is 0.421 e. The topological polar surface area (TPSA) is 66.0 Å². The van der Waals surface area contributed by atoms with Crippen LogP contribution in [0.15, 0.2) is 0 Å². The van der Waals surface area contributed by atoms with Crippen LogP contribution < -0.4 is 0 Å². The van der Waals surface area contributed by atoms with Crippen molar-refractivity contribution in [2.24, 2.45) is 0 Å². The third-order valence-electron chi connectivity index (χ3n) is 0.225. The van der Waals surface area contributed by atoms with Crippen LogP contribution in [-0.2, 0) is 9.05 Å². The first-order chi connectivity index (χ1) is 3.81. The zero-order valence-electron chi connectivity index (χ0n) is 3.54. The van der Waals surface area contributed by atoms with Gasteiger partial charge in [-0.05, 0) is 11.2 Å². The van der Waals surface area contributed by atoms with Crippen LogP contribution in [0.25, 0.3) is 0 Å². The standard InChI is InChI=1S/C2ClN2O2P/c3-8(6-1-4)7-2-5. The van der Waals surface area contributed by atoms with E-state index >= 15 is 0 Å². The average Bonchev–Trinajstić information content (AvgIpc) is 1.68. The molecule has 0 bridgehead atoms. The number of halogens is 1. The second-order valence-corrected chi connectivity index (χ2v) is 2.20. The van der Waals surface area contributed by atoms with Gasteiger partial charge in [-0.25, -0.2) is 0 Å². The summed E-state index contributed by atoms with van der Waals surface area (Å²) in [6.07, 6.45) is 2.55. The van der Waals surface area contributed by atoms with Gasteiger partial charge in [-0.3, -0.25) is 0 Å². The summed E-state index contributed by atoms with van der Waals surface area (Å²) in [7, 11) is -1.83. The molecule has 0 rings (SSSR count). The van der Waals surface area contributed by atoms with Crippen molar-refractivity contribution in [1.29, 1.82) is 10.5 Å². The average molecular weight is 150 g/mol. The van der Waals surface area contributed by atoms with E-state index in [-0.39, 0.29) is 0 Å². The highest BCUT2D eigenvalue weighted by Crippen LogP contribution is 2.42. The van der Waals surface area contributed by atoms with Crippen molar-refractivity contribution in [1.82, 2.24) is 0 Å². The zero-order chi connectivity index (χ0) is 6.41. The monoisotopic (exact) mass is 150 g/mol. The van der Waals surface area contributed by atoms with E-state index in [9.17, 15) is 0 Å². The van der Waals surface area contributed by atoms with E-state index in [0.29, 0.717) is 0 Å². The third-order valence-corrected chi connectivity index (χ3v) is 1.09. The lowest BCUT2D eigenvalue weighted by Gasteiger charge is -1.93. The number of hydrogen-bond donors (Lipinski definition) is 0. The highest BCUT2D eigenvalue weighted by atomic mass is 35.7. The fourth-order valence-corrected chi connectivity index (χ4v) is 0.434. The highest BCUT2D eigenvalue weighted by Gasteiger charge is 2.04. The van der Waals surface area contributed by atoms with Gasteiger partial charge in [-0.2, -0.15) is 0 Å². The molecule has 0 fully saturated rings. The maximum absolute atomic E-state index is 7.73. The molecule has 0 atom stereocenters. The summed E-state index contributed by atoms with van der Waals surface area (Å²) in [4.78, 5) is 0. The molecule has 0 aliphatic heterocycles. The quantitative estimate of drug-likeness (QED) is 0.441. The fraction of sp³-hybridized carbons (Fsp3) is 0. The Morgan fingerprint density at radius 3 is 1.88 bits per heavy atom. The predicted octanol–water partition coefficient (Wildman–Crippen LogP) is 1.45. The van der Waals surface area contributed by atoms with Crippen molar-refractivity contribution in [2.75, 3.05) is 0 Å². The molecule has 6 heteroatoms. The Bertz CT molecular complexity index is 122. The molecule has 0 saturated carbocycles. The minimum Gasteiger partial charge on any atom is -0.352 e. The SMILES string of the molecule is N#COP(Cl)OC#N. The summed E-state index contributed by atoms with van der Waals surface area (Å²) in [6.45, 7) is 0. The number of nitriles is 2. The lowest BCUT2D eigenvalue weighted by Crippen LogP contribution is -1.68. The van der Waals surface area contributed by atoms with Gasteiger partial charge in [-0.1, -0.05) is 0 Å². The molecule has 0 amide bonds. The van der Waals surface area contributed by atoms with Gasteiger partial charge in [0.05, 0.1) is 0 Å². The van der Waals surface area contributed by atoms with Crippen LogP contribution in [0.1, 0.15) is 0 Å². The first kappa shape index (κ1) is 7.30. The Labute approximate surface area is 51.9 Å². The maximum Gasteiger partial charge on any atom is 0.421 e. The summed E-state index contributed by atoms with van der Waals surface area (Å²) in [6, 6.07) is 0. The van der Waals surface area contributed by atoms with Crippen LogP contribution in [0, 0.1) is 23.0 Å². The van der Waals surface area contributed by atoms with Crippen LogP contribution in [0.2, 0.25) is 0 Å². The Morgan fingerprint density at radius 2 is 1.62 bits per heavy atom. The van der Waals surface area contributed by atoms with Gasteiger partial charge in [0.25, 0.3) is 12.5 Å². The van der Waals surface area contributed by atoms with E-state index in [0.717, 1.165) is 0 Å². The molecule has 0 spiro atoms. The van der Waals surface area contributed by atoms with Crippen LogP contribution >= 0.6 is 19.0 Å². The van der Waals surface area contributed by atoms with E-state index in [4.69, 9.17) is 21.8 Å². The smallest absolute Gasteiger partial charge is 0.352 e. The summed E-state index contributed by atoms with van der Waals surface area (Å²) in [5, 5.41) is 15.5. The molecule has 0 N–H and O–H groups in total. The maximum atomic E-state index is 7.73.